The summed E-state index contributed by atoms with van der Waals surface area (Å²) in [5, 5.41) is 3.50. The van der Waals surface area contributed by atoms with Crippen LogP contribution in [0.3, 0.4) is 0 Å². The Morgan fingerprint density at radius 1 is 1.05 bits per heavy atom. The first kappa shape index (κ1) is 15.2. The summed E-state index contributed by atoms with van der Waals surface area (Å²) in [6.07, 6.45) is 1.87. The van der Waals surface area contributed by atoms with Gasteiger partial charge in [-0.25, -0.2) is 4.39 Å². The van der Waals surface area contributed by atoms with Gasteiger partial charge in [-0.15, -0.1) is 0 Å². The van der Waals surface area contributed by atoms with Crippen molar-refractivity contribution in [3.8, 4) is 0 Å². The van der Waals surface area contributed by atoms with Gasteiger partial charge in [0.1, 0.15) is 5.82 Å². The SMILES string of the molecule is CCNC(Cc1ccc(F)cc1)Cc1cccc(Br)c1. The van der Waals surface area contributed by atoms with E-state index in [0.29, 0.717) is 6.04 Å². The van der Waals surface area contributed by atoms with Crippen LogP contribution in [0.1, 0.15) is 18.1 Å². The first-order valence-electron chi connectivity index (χ1n) is 6.89. The second kappa shape index (κ2) is 7.55. The van der Waals surface area contributed by atoms with Crippen LogP contribution in [0.4, 0.5) is 4.39 Å². The standard InChI is InChI=1S/C17H19BrFN/c1-2-20-17(11-13-6-8-16(19)9-7-13)12-14-4-3-5-15(18)10-14/h3-10,17,20H,2,11-12H2,1H3. The van der Waals surface area contributed by atoms with Crippen LogP contribution in [-0.2, 0) is 12.8 Å². The third-order valence-corrected chi connectivity index (χ3v) is 3.75. The van der Waals surface area contributed by atoms with Gasteiger partial charge in [0.15, 0.2) is 0 Å². The van der Waals surface area contributed by atoms with E-state index in [-0.39, 0.29) is 5.82 Å². The van der Waals surface area contributed by atoms with Crippen molar-refractivity contribution >= 4 is 15.9 Å². The minimum absolute atomic E-state index is 0.180. The molecule has 0 aliphatic rings. The highest BCUT2D eigenvalue weighted by molar-refractivity contribution is 9.10. The van der Waals surface area contributed by atoms with Gasteiger partial charge in [-0.2, -0.15) is 0 Å². The van der Waals surface area contributed by atoms with Gasteiger partial charge in [0.2, 0.25) is 0 Å². The third-order valence-electron chi connectivity index (χ3n) is 3.26. The van der Waals surface area contributed by atoms with Crippen LogP contribution in [0.2, 0.25) is 0 Å². The Kier molecular flexibility index (Phi) is 5.74. The van der Waals surface area contributed by atoms with Crippen molar-refractivity contribution < 1.29 is 4.39 Å². The highest BCUT2D eigenvalue weighted by Crippen LogP contribution is 2.15. The lowest BCUT2D eigenvalue weighted by atomic mass is 9.99. The molecule has 0 radical (unpaired) electrons. The van der Waals surface area contributed by atoms with Crippen LogP contribution < -0.4 is 5.32 Å². The molecule has 20 heavy (non-hydrogen) atoms. The maximum Gasteiger partial charge on any atom is 0.123 e. The summed E-state index contributed by atoms with van der Waals surface area (Å²) in [5.41, 5.74) is 2.46. The second-order valence-corrected chi connectivity index (χ2v) is 5.83. The van der Waals surface area contributed by atoms with Crippen molar-refractivity contribution in [1.29, 1.82) is 0 Å². The molecule has 0 amide bonds. The van der Waals surface area contributed by atoms with Crippen LogP contribution in [0.25, 0.3) is 0 Å². The van der Waals surface area contributed by atoms with Crippen molar-refractivity contribution in [3.63, 3.8) is 0 Å². The van der Waals surface area contributed by atoms with E-state index in [1.54, 1.807) is 0 Å². The monoisotopic (exact) mass is 335 g/mol. The smallest absolute Gasteiger partial charge is 0.123 e. The van der Waals surface area contributed by atoms with Gasteiger partial charge < -0.3 is 5.32 Å². The van der Waals surface area contributed by atoms with E-state index < -0.39 is 0 Å². The van der Waals surface area contributed by atoms with Gasteiger partial charge in [-0.1, -0.05) is 47.1 Å². The molecule has 1 nitrogen and oxygen atoms in total. The Balaban J connectivity index is 2.05. The van der Waals surface area contributed by atoms with E-state index in [9.17, 15) is 4.39 Å². The van der Waals surface area contributed by atoms with Crippen molar-refractivity contribution in [1.82, 2.24) is 5.32 Å². The number of halogens is 2. The Morgan fingerprint density at radius 3 is 2.40 bits per heavy atom. The van der Waals surface area contributed by atoms with Gasteiger partial charge in [-0.05, 0) is 54.8 Å². The number of likely N-dealkylation sites (N-methyl/N-ethyl adjacent to an activating group) is 1. The normalized spacial score (nSPS) is 12.3. The molecule has 0 aliphatic heterocycles. The zero-order chi connectivity index (χ0) is 14.4. The molecule has 1 unspecified atom stereocenters. The van der Waals surface area contributed by atoms with Gasteiger partial charge in [-0.3, -0.25) is 0 Å². The summed E-state index contributed by atoms with van der Waals surface area (Å²) in [4.78, 5) is 0. The summed E-state index contributed by atoms with van der Waals surface area (Å²) in [7, 11) is 0. The molecular weight excluding hydrogens is 317 g/mol. The fourth-order valence-corrected chi connectivity index (χ4v) is 2.81. The summed E-state index contributed by atoms with van der Waals surface area (Å²) >= 11 is 3.50. The Bertz CT molecular complexity index is 539. The topological polar surface area (TPSA) is 12.0 Å². The maximum absolute atomic E-state index is 12.9. The number of hydrogen-bond donors (Lipinski definition) is 1. The number of nitrogens with one attached hydrogen (secondary N) is 1. The molecule has 2 aromatic rings. The lowest BCUT2D eigenvalue weighted by molar-refractivity contribution is 0.520. The fraction of sp³-hybridized carbons (Fsp3) is 0.294. The molecule has 2 rings (SSSR count). The molecule has 0 saturated carbocycles. The van der Waals surface area contributed by atoms with Crippen molar-refractivity contribution in [2.45, 2.75) is 25.8 Å². The molecule has 0 heterocycles. The van der Waals surface area contributed by atoms with E-state index in [4.69, 9.17) is 0 Å². The van der Waals surface area contributed by atoms with E-state index >= 15 is 0 Å². The van der Waals surface area contributed by atoms with Gasteiger partial charge in [0, 0.05) is 10.5 Å². The maximum atomic E-state index is 12.9. The van der Waals surface area contributed by atoms with Crippen LogP contribution in [0.5, 0.6) is 0 Å². The quantitative estimate of drug-likeness (QED) is 0.827. The van der Waals surface area contributed by atoms with Crippen LogP contribution >= 0.6 is 15.9 Å². The minimum atomic E-state index is -0.180. The number of hydrogen-bond acceptors (Lipinski definition) is 1. The van der Waals surface area contributed by atoms with Crippen molar-refractivity contribution in [2.75, 3.05) is 6.54 Å². The molecule has 0 aliphatic carbocycles. The molecule has 1 N–H and O–H groups in total. The second-order valence-electron chi connectivity index (χ2n) is 4.92. The van der Waals surface area contributed by atoms with Gasteiger partial charge in [0.05, 0.1) is 0 Å². The average molecular weight is 336 g/mol. The molecular formula is C17H19BrFN. The molecule has 2 aromatic carbocycles. The molecule has 1 atom stereocenters. The summed E-state index contributed by atoms with van der Waals surface area (Å²) < 4.78 is 14.0. The highest BCUT2D eigenvalue weighted by Gasteiger charge is 2.10. The lowest BCUT2D eigenvalue weighted by Crippen LogP contribution is -2.33. The first-order valence-corrected chi connectivity index (χ1v) is 7.69. The molecule has 0 spiro atoms. The summed E-state index contributed by atoms with van der Waals surface area (Å²) in [5.74, 6) is -0.180. The molecule has 106 valence electrons. The average Bonchev–Trinajstić information content (AvgIpc) is 2.42. The number of rotatable bonds is 6. The fourth-order valence-electron chi connectivity index (χ4n) is 2.36. The third kappa shape index (κ3) is 4.73. The highest BCUT2D eigenvalue weighted by atomic mass is 79.9. The van der Waals surface area contributed by atoms with Gasteiger partial charge >= 0.3 is 0 Å². The molecule has 0 bridgehead atoms. The van der Waals surface area contributed by atoms with Crippen molar-refractivity contribution in [2.24, 2.45) is 0 Å². The van der Waals surface area contributed by atoms with Crippen LogP contribution in [0, 0.1) is 5.82 Å². The Morgan fingerprint density at radius 2 is 1.75 bits per heavy atom. The Hall–Kier alpha value is -1.19. The molecule has 0 saturated heterocycles. The summed E-state index contributed by atoms with van der Waals surface area (Å²) in [6.45, 7) is 3.04. The van der Waals surface area contributed by atoms with E-state index in [2.05, 4.69) is 46.4 Å². The Labute approximate surface area is 128 Å². The van der Waals surface area contributed by atoms with Crippen LogP contribution in [0.15, 0.2) is 53.0 Å². The minimum Gasteiger partial charge on any atom is -0.314 e. The zero-order valence-corrected chi connectivity index (χ0v) is 13.2. The van der Waals surface area contributed by atoms with E-state index in [1.165, 1.54) is 17.7 Å². The van der Waals surface area contributed by atoms with Gasteiger partial charge in [0.25, 0.3) is 0 Å². The largest absolute Gasteiger partial charge is 0.314 e. The van der Waals surface area contributed by atoms with E-state index in [0.717, 1.165) is 29.4 Å². The molecule has 3 heteroatoms. The van der Waals surface area contributed by atoms with Crippen LogP contribution in [-0.4, -0.2) is 12.6 Å². The molecule has 0 fully saturated rings. The predicted octanol–water partition coefficient (Wildman–Crippen LogP) is 4.35. The zero-order valence-electron chi connectivity index (χ0n) is 11.6. The number of benzene rings is 2. The molecule has 0 aromatic heterocycles. The van der Waals surface area contributed by atoms with Crippen molar-refractivity contribution in [3.05, 3.63) is 69.9 Å². The predicted molar refractivity (Wildman–Crippen MR) is 85.4 cm³/mol. The summed E-state index contributed by atoms with van der Waals surface area (Å²) in [6, 6.07) is 15.5. The first-order chi connectivity index (χ1) is 9.67. The van der Waals surface area contributed by atoms with E-state index in [1.807, 2.05) is 18.2 Å². The lowest BCUT2D eigenvalue weighted by Gasteiger charge is -2.18.